The van der Waals surface area contributed by atoms with Gasteiger partial charge in [0, 0.05) is 16.6 Å². The topological polar surface area (TPSA) is 40.5 Å². The van der Waals surface area contributed by atoms with Crippen LogP contribution in [0, 0.1) is 5.82 Å². The molecule has 1 aliphatic carbocycles. The van der Waals surface area contributed by atoms with E-state index in [2.05, 4.69) is 0 Å². The summed E-state index contributed by atoms with van der Waals surface area (Å²) < 4.78 is 14.0. The second-order valence-electron chi connectivity index (χ2n) is 5.80. The van der Waals surface area contributed by atoms with Gasteiger partial charge in [0.1, 0.15) is 11.6 Å². The van der Waals surface area contributed by atoms with E-state index >= 15 is 0 Å². The molecule has 1 saturated carbocycles. The molecule has 1 amide bonds. The van der Waals surface area contributed by atoms with Gasteiger partial charge >= 0.3 is 0 Å². The zero-order chi connectivity index (χ0) is 16.4. The number of amides is 1. The first-order valence-corrected chi connectivity index (χ1v) is 7.92. The minimum absolute atomic E-state index is 0.0579. The van der Waals surface area contributed by atoms with E-state index in [1.54, 1.807) is 41.3 Å². The SMILES string of the molecule is O=C(Cc1ccc(O)cc1)N(Cc1c(F)cccc1Cl)C1CC1. The number of hydrogen-bond donors (Lipinski definition) is 1. The van der Waals surface area contributed by atoms with Gasteiger partial charge in [-0.2, -0.15) is 0 Å². The number of carbonyl (C=O) groups excluding carboxylic acids is 1. The summed E-state index contributed by atoms with van der Waals surface area (Å²) in [5.74, 6) is -0.281. The Kier molecular flexibility index (Phi) is 4.53. The molecule has 0 bridgehead atoms. The quantitative estimate of drug-likeness (QED) is 0.901. The summed E-state index contributed by atoms with van der Waals surface area (Å²) in [7, 11) is 0. The number of carbonyl (C=O) groups is 1. The predicted molar refractivity (Wildman–Crippen MR) is 86.8 cm³/mol. The van der Waals surface area contributed by atoms with Crippen LogP contribution in [-0.2, 0) is 17.8 Å². The fourth-order valence-corrected chi connectivity index (χ4v) is 2.77. The third kappa shape index (κ3) is 3.82. The molecule has 0 spiro atoms. The average Bonchev–Trinajstić information content (AvgIpc) is 3.34. The molecule has 0 heterocycles. The Morgan fingerprint density at radius 1 is 1.22 bits per heavy atom. The molecule has 120 valence electrons. The second-order valence-corrected chi connectivity index (χ2v) is 6.20. The first kappa shape index (κ1) is 15.8. The number of hydrogen-bond acceptors (Lipinski definition) is 2. The van der Waals surface area contributed by atoms with Gasteiger partial charge in [-0.05, 0) is 42.7 Å². The number of phenols is 1. The van der Waals surface area contributed by atoms with E-state index in [1.165, 1.54) is 6.07 Å². The molecule has 5 heteroatoms. The molecule has 2 aromatic carbocycles. The molecular weight excluding hydrogens is 317 g/mol. The molecule has 0 radical (unpaired) electrons. The molecule has 23 heavy (non-hydrogen) atoms. The van der Waals surface area contributed by atoms with Crippen molar-refractivity contribution in [1.82, 2.24) is 4.90 Å². The largest absolute Gasteiger partial charge is 0.508 e. The van der Waals surface area contributed by atoms with E-state index in [-0.39, 0.29) is 36.5 Å². The normalized spacial score (nSPS) is 13.8. The maximum absolute atomic E-state index is 14.0. The van der Waals surface area contributed by atoms with Crippen molar-refractivity contribution in [3.63, 3.8) is 0 Å². The molecule has 3 rings (SSSR count). The number of aromatic hydroxyl groups is 1. The molecule has 0 saturated heterocycles. The maximum Gasteiger partial charge on any atom is 0.227 e. The highest BCUT2D eigenvalue weighted by molar-refractivity contribution is 6.31. The number of benzene rings is 2. The van der Waals surface area contributed by atoms with Crippen molar-refractivity contribution in [2.24, 2.45) is 0 Å². The molecule has 0 aromatic heterocycles. The van der Waals surface area contributed by atoms with Gasteiger partial charge in [0.15, 0.2) is 0 Å². The predicted octanol–water partition coefficient (Wildman–Crippen LogP) is 3.92. The Morgan fingerprint density at radius 2 is 1.91 bits per heavy atom. The lowest BCUT2D eigenvalue weighted by molar-refractivity contribution is -0.131. The maximum atomic E-state index is 14.0. The summed E-state index contributed by atoms with van der Waals surface area (Å²) in [6.07, 6.45) is 2.10. The highest BCUT2D eigenvalue weighted by Crippen LogP contribution is 2.31. The fourth-order valence-electron chi connectivity index (χ4n) is 2.55. The number of nitrogens with zero attached hydrogens (tertiary/aromatic N) is 1. The van der Waals surface area contributed by atoms with Gasteiger partial charge < -0.3 is 10.0 Å². The lowest BCUT2D eigenvalue weighted by Gasteiger charge is -2.23. The monoisotopic (exact) mass is 333 g/mol. The Bertz CT molecular complexity index is 693. The van der Waals surface area contributed by atoms with Gasteiger partial charge in [0.2, 0.25) is 5.91 Å². The molecule has 0 aliphatic heterocycles. The van der Waals surface area contributed by atoms with Crippen LogP contribution >= 0.6 is 11.6 Å². The van der Waals surface area contributed by atoms with Crippen LogP contribution in [0.1, 0.15) is 24.0 Å². The molecule has 1 aliphatic rings. The van der Waals surface area contributed by atoms with Gasteiger partial charge in [-0.25, -0.2) is 4.39 Å². The molecule has 0 unspecified atom stereocenters. The van der Waals surface area contributed by atoms with E-state index in [4.69, 9.17) is 11.6 Å². The molecule has 1 fully saturated rings. The summed E-state index contributed by atoms with van der Waals surface area (Å²) in [6, 6.07) is 11.3. The van der Waals surface area contributed by atoms with Gasteiger partial charge in [-0.1, -0.05) is 29.8 Å². The molecular formula is C18H17ClFNO2. The van der Waals surface area contributed by atoms with Crippen LogP contribution in [0.15, 0.2) is 42.5 Å². The molecule has 1 N–H and O–H groups in total. The van der Waals surface area contributed by atoms with Crippen molar-refractivity contribution in [2.75, 3.05) is 0 Å². The van der Waals surface area contributed by atoms with E-state index in [0.717, 1.165) is 18.4 Å². The number of halogens is 2. The van der Waals surface area contributed by atoms with Gasteiger partial charge in [0.05, 0.1) is 13.0 Å². The van der Waals surface area contributed by atoms with Gasteiger partial charge in [-0.3, -0.25) is 4.79 Å². The van der Waals surface area contributed by atoms with E-state index in [0.29, 0.717) is 10.6 Å². The highest BCUT2D eigenvalue weighted by atomic mass is 35.5. The summed E-state index contributed by atoms with van der Waals surface area (Å²) in [5.41, 5.74) is 1.18. The lowest BCUT2D eigenvalue weighted by Crippen LogP contribution is -2.34. The van der Waals surface area contributed by atoms with Crippen LogP contribution in [0.2, 0.25) is 5.02 Å². The second kappa shape index (κ2) is 6.59. The van der Waals surface area contributed by atoms with Crippen LogP contribution in [-0.4, -0.2) is 22.0 Å². The minimum Gasteiger partial charge on any atom is -0.508 e. The minimum atomic E-state index is -0.388. The van der Waals surface area contributed by atoms with Gasteiger partial charge in [-0.15, -0.1) is 0 Å². The smallest absolute Gasteiger partial charge is 0.227 e. The lowest BCUT2D eigenvalue weighted by atomic mass is 10.1. The zero-order valence-electron chi connectivity index (χ0n) is 12.5. The van der Waals surface area contributed by atoms with Crippen LogP contribution in [0.25, 0.3) is 0 Å². The van der Waals surface area contributed by atoms with E-state index in [1.807, 2.05) is 0 Å². The van der Waals surface area contributed by atoms with E-state index < -0.39 is 0 Å². The van der Waals surface area contributed by atoms with Crippen molar-refractivity contribution in [3.8, 4) is 5.75 Å². The molecule has 0 atom stereocenters. The highest BCUT2D eigenvalue weighted by Gasteiger charge is 2.33. The summed E-state index contributed by atoms with van der Waals surface area (Å²) in [6.45, 7) is 0.188. The molecule has 2 aromatic rings. The Balaban J connectivity index is 1.76. The summed E-state index contributed by atoms with van der Waals surface area (Å²) >= 11 is 6.08. The Labute approximate surface area is 139 Å². The Morgan fingerprint density at radius 3 is 2.52 bits per heavy atom. The molecule has 3 nitrogen and oxygen atoms in total. The fraction of sp³-hybridized carbons (Fsp3) is 0.278. The third-order valence-electron chi connectivity index (χ3n) is 3.99. The van der Waals surface area contributed by atoms with Crippen LogP contribution in [0.4, 0.5) is 4.39 Å². The Hall–Kier alpha value is -2.07. The number of rotatable bonds is 5. The van der Waals surface area contributed by atoms with Crippen molar-refractivity contribution < 1.29 is 14.3 Å². The van der Waals surface area contributed by atoms with Crippen molar-refractivity contribution in [3.05, 3.63) is 64.4 Å². The van der Waals surface area contributed by atoms with Crippen molar-refractivity contribution in [2.45, 2.75) is 31.8 Å². The zero-order valence-corrected chi connectivity index (χ0v) is 13.3. The van der Waals surface area contributed by atoms with Crippen molar-refractivity contribution in [1.29, 1.82) is 0 Å². The van der Waals surface area contributed by atoms with Gasteiger partial charge in [0.25, 0.3) is 0 Å². The summed E-state index contributed by atoms with van der Waals surface area (Å²) in [4.78, 5) is 14.3. The van der Waals surface area contributed by atoms with E-state index in [9.17, 15) is 14.3 Å². The van der Waals surface area contributed by atoms with Crippen LogP contribution in [0.3, 0.4) is 0 Å². The standard InChI is InChI=1S/C18H17ClFNO2/c19-16-2-1-3-17(20)15(16)11-21(13-6-7-13)18(23)10-12-4-8-14(22)9-5-12/h1-5,8-9,13,22H,6-7,10-11H2. The average molecular weight is 334 g/mol. The van der Waals surface area contributed by atoms with Crippen LogP contribution in [0.5, 0.6) is 5.75 Å². The summed E-state index contributed by atoms with van der Waals surface area (Å²) in [5, 5.41) is 9.64. The third-order valence-corrected chi connectivity index (χ3v) is 4.34. The van der Waals surface area contributed by atoms with Crippen LogP contribution < -0.4 is 0 Å². The number of phenolic OH excluding ortho intramolecular Hbond substituents is 1. The first-order valence-electron chi connectivity index (χ1n) is 7.55. The van der Waals surface area contributed by atoms with Crippen molar-refractivity contribution >= 4 is 17.5 Å². The first-order chi connectivity index (χ1) is 11.0.